The number of hydrogen-bond acceptors (Lipinski definition) is 1. The highest BCUT2D eigenvalue weighted by molar-refractivity contribution is 6.27. The SMILES string of the molecule is C[C@H](NC(=O)CCl)c1ccc(F)cc1F. The molecule has 5 heteroatoms. The Kier molecular flexibility index (Phi) is 4.03. The maximum absolute atomic E-state index is 13.2. The molecule has 0 aromatic heterocycles. The van der Waals surface area contributed by atoms with Crippen LogP contribution in [0.2, 0.25) is 0 Å². The van der Waals surface area contributed by atoms with Crippen LogP contribution in [0, 0.1) is 11.6 Å². The molecule has 0 bridgehead atoms. The quantitative estimate of drug-likeness (QED) is 0.798. The Morgan fingerprint density at radius 2 is 2.20 bits per heavy atom. The second kappa shape index (κ2) is 5.07. The van der Waals surface area contributed by atoms with Crippen molar-refractivity contribution < 1.29 is 13.6 Å². The molecule has 1 aromatic rings. The minimum absolute atomic E-state index is 0.187. The number of benzene rings is 1. The molecule has 0 aliphatic rings. The lowest BCUT2D eigenvalue weighted by molar-refractivity contribution is -0.119. The molecule has 1 N–H and O–H groups in total. The number of amides is 1. The molecule has 0 spiro atoms. The topological polar surface area (TPSA) is 29.1 Å². The summed E-state index contributed by atoms with van der Waals surface area (Å²) in [6.07, 6.45) is 0. The Hall–Kier alpha value is -1.16. The number of rotatable bonds is 3. The van der Waals surface area contributed by atoms with Crippen molar-refractivity contribution in [3.63, 3.8) is 0 Å². The summed E-state index contributed by atoms with van der Waals surface area (Å²) in [5.41, 5.74) is 0.231. The van der Waals surface area contributed by atoms with E-state index in [0.717, 1.165) is 12.1 Å². The number of carbonyl (C=O) groups excluding carboxylic acids is 1. The first kappa shape index (κ1) is 11.9. The van der Waals surface area contributed by atoms with Gasteiger partial charge in [0.25, 0.3) is 0 Å². The van der Waals surface area contributed by atoms with Crippen LogP contribution in [0.4, 0.5) is 8.78 Å². The highest BCUT2D eigenvalue weighted by Crippen LogP contribution is 2.17. The summed E-state index contributed by atoms with van der Waals surface area (Å²) in [6.45, 7) is 1.60. The average molecular weight is 234 g/mol. The lowest BCUT2D eigenvalue weighted by atomic mass is 10.1. The molecule has 0 radical (unpaired) electrons. The molecular weight excluding hydrogens is 224 g/mol. The molecule has 0 fully saturated rings. The number of carbonyl (C=O) groups is 1. The molecule has 1 aromatic carbocycles. The fourth-order valence-corrected chi connectivity index (χ4v) is 1.29. The number of alkyl halides is 1. The molecule has 2 nitrogen and oxygen atoms in total. The lowest BCUT2D eigenvalue weighted by Crippen LogP contribution is -2.28. The van der Waals surface area contributed by atoms with Gasteiger partial charge in [0.15, 0.2) is 0 Å². The molecular formula is C10H10ClF2NO. The Bertz CT molecular complexity index is 370. The van der Waals surface area contributed by atoms with Gasteiger partial charge in [0.2, 0.25) is 5.91 Å². The normalized spacial score (nSPS) is 12.3. The lowest BCUT2D eigenvalue weighted by Gasteiger charge is -2.14. The third kappa shape index (κ3) is 3.16. The number of halogens is 3. The van der Waals surface area contributed by atoms with E-state index in [4.69, 9.17) is 11.6 Å². The van der Waals surface area contributed by atoms with Crippen LogP contribution in [0.15, 0.2) is 18.2 Å². The largest absolute Gasteiger partial charge is 0.348 e. The highest BCUT2D eigenvalue weighted by atomic mass is 35.5. The molecule has 15 heavy (non-hydrogen) atoms. The van der Waals surface area contributed by atoms with Crippen LogP contribution in [0.25, 0.3) is 0 Å². The van der Waals surface area contributed by atoms with E-state index in [0.29, 0.717) is 0 Å². The minimum atomic E-state index is -0.683. The Morgan fingerprint density at radius 3 is 2.73 bits per heavy atom. The van der Waals surface area contributed by atoms with Crippen molar-refractivity contribution in [2.45, 2.75) is 13.0 Å². The van der Waals surface area contributed by atoms with Gasteiger partial charge >= 0.3 is 0 Å². The zero-order valence-corrected chi connectivity index (χ0v) is 8.81. The Morgan fingerprint density at radius 1 is 1.53 bits per heavy atom. The van der Waals surface area contributed by atoms with E-state index in [1.54, 1.807) is 6.92 Å². The predicted octanol–water partition coefficient (Wildman–Crippen LogP) is 2.38. The van der Waals surface area contributed by atoms with Gasteiger partial charge in [0.1, 0.15) is 17.5 Å². The van der Waals surface area contributed by atoms with Crippen molar-refractivity contribution in [3.05, 3.63) is 35.4 Å². The zero-order valence-electron chi connectivity index (χ0n) is 8.06. The molecule has 1 amide bonds. The van der Waals surface area contributed by atoms with Crippen LogP contribution in [-0.2, 0) is 4.79 Å². The van der Waals surface area contributed by atoms with Gasteiger partial charge in [-0.05, 0) is 13.0 Å². The molecule has 0 unspecified atom stereocenters. The van der Waals surface area contributed by atoms with Crippen LogP contribution in [0.1, 0.15) is 18.5 Å². The van der Waals surface area contributed by atoms with Crippen LogP contribution in [0.3, 0.4) is 0 Å². The third-order valence-corrected chi connectivity index (χ3v) is 2.17. The van der Waals surface area contributed by atoms with Crippen LogP contribution >= 0.6 is 11.6 Å². The van der Waals surface area contributed by atoms with E-state index < -0.39 is 23.6 Å². The van der Waals surface area contributed by atoms with E-state index in [2.05, 4.69) is 5.32 Å². The molecule has 82 valence electrons. The van der Waals surface area contributed by atoms with Crippen molar-refractivity contribution in [1.29, 1.82) is 0 Å². The first-order valence-electron chi connectivity index (χ1n) is 4.35. The summed E-state index contributed by atoms with van der Waals surface area (Å²) >= 11 is 5.28. The first-order valence-corrected chi connectivity index (χ1v) is 4.88. The molecule has 0 aliphatic carbocycles. The molecule has 0 saturated carbocycles. The maximum atomic E-state index is 13.2. The molecule has 0 aliphatic heterocycles. The molecule has 1 rings (SSSR count). The smallest absolute Gasteiger partial charge is 0.235 e. The van der Waals surface area contributed by atoms with E-state index in [1.165, 1.54) is 6.07 Å². The van der Waals surface area contributed by atoms with Gasteiger partial charge in [0.05, 0.1) is 6.04 Å². The fourth-order valence-electron chi connectivity index (χ4n) is 1.21. The van der Waals surface area contributed by atoms with Gasteiger partial charge in [-0.25, -0.2) is 8.78 Å². The fraction of sp³-hybridized carbons (Fsp3) is 0.300. The maximum Gasteiger partial charge on any atom is 0.235 e. The summed E-state index contributed by atoms with van der Waals surface area (Å²) in [7, 11) is 0. The number of hydrogen-bond donors (Lipinski definition) is 1. The van der Waals surface area contributed by atoms with Crippen molar-refractivity contribution in [2.75, 3.05) is 5.88 Å². The average Bonchev–Trinajstić information content (AvgIpc) is 2.17. The summed E-state index contributed by atoms with van der Waals surface area (Å²) < 4.78 is 25.8. The second-order valence-corrected chi connectivity index (χ2v) is 3.36. The molecule has 0 heterocycles. The third-order valence-electron chi connectivity index (χ3n) is 1.93. The predicted molar refractivity (Wildman–Crippen MR) is 53.6 cm³/mol. The van der Waals surface area contributed by atoms with Gasteiger partial charge in [-0.2, -0.15) is 0 Å². The van der Waals surface area contributed by atoms with Crippen LogP contribution in [0.5, 0.6) is 0 Å². The minimum Gasteiger partial charge on any atom is -0.348 e. The van der Waals surface area contributed by atoms with Crippen molar-refractivity contribution in [3.8, 4) is 0 Å². The Labute approximate surface area is 91.2 Å². The standard InChI is InChI=1S/C10H10ClF2NO/c1-6(14-10(15)5-11)8-3-2-7(12)4-9(8)13/h2-4,6H,5H2,1H3,(H,14,15)/t6-/m0/s1. The Balaban J connectivity index is 2.82. The van der Waals surface area contributed by atoms with Crippen LogP contribution in [-0.4, -0.2) is 11.8 Å². The van der Waals surface area contributed by atoms with Crippen LogP contribution < -0.4 is 5.32 Å². The van der Waals surface area contributed by atoms with Crippen molar-refractivity contribution >= 4 is 17.5 Å². The second-order valence-electron chi connectivity index (χ2n) is 3.09. The van der Waals surface area contributed by atoms with Gasteiger partial charge < -0.3 is 5.32 Å². The van der Waals surface area contributed by atoms with Gasteiger partial charge in [-0.1, -0.05) is 6.07 Å². The van der Waals surface area contributed by atoms with E-state index in [-0.39, 0.29) is 11.4 Å². The monoisotopic (exact) mass is 233 g/mol. The van der Waals surface area contributed by atoms with E-state index in [1.807, 2.05) is 0 Å². The summed E-state index contributed by atoms with van der Waals surface area (Å²) in [5.74, 6) is -1.91. The first-order chi connectivity index (χ1) is 7.04. The molecule has 0 saturated heterocycles. The zero-order chi connectivity index (χ0) is 11.4. The van der Waals surface area contributed by atoms with Gasteiger partial charge in [-0.15, -0.1) is 11.6 Å². The van der Waals surface area contributed by atoms with Gasteiger partial charge in [-0.3, -0.25) is 4.79 Å². The summed E-state index contributed by atoms with van der Waals surface area (Å²) in [5, 5.41) is 2.47. The van der Waals surface area contributed by atoms with Gasteiger partial charge in [0, 0.05) is 11.6 Å². The highest BCUT2D eigenvalue weighted by Gasteiger charge is 2.13. The summed E-state index contributed by atoms with van der Waals surface area (Å²) in [4.78, 5) is 10.9. The number of nitrogens with one attached hydrogen (secondary N) is 1. The molecule has 1 atom stereocenters. The summed E-state index contributed by atoms with van der Waals surface area (Å²) in [6, 6.07) is 2.68. The van der Waals surface area contributed by atoms with Crippen molar-refractivity contribution in [1.82, 2.24) is 5.32 Å². The van der Waals surface area contributed by atoms with E-state index in [9.17, 15) is 13.6 Å². The van der Waals surface area contributed by atoms with E-state index >= 15 is 0 Å². The van der Waals surface area contributed by atoms with Crippen molar-refractivity contribution in [2.24, 2.45) is 0 Å².